The van der Waals surface area contributed by atoms with E-state index in [0.717, 1.165) is 32.1 Å². The summed E-state index contributed by atoms with van der Waals surface area (Å²) in [6, 6.07) is 9.26. The molecule has 1 aliphatic carbocycles. The molecule has 27 heavy (non-hydrogen) atoms. The predicted octanol–water partition coefficient (Wildman–Crippen LogP) is 4.34. The van der Waals surface area contributed by atoms with Gasteiger partial charge in [-0.15, -0.1) is 0 Å². The standard InChI is InChI=1S/C19H20ClFN2O3S/c20-17-11-6-13(19(24)22-15-9-7-14(21)8-10-15)12-18(17)27(25,26)23-16-4-2-1-3-5-16/h6-12,16,23H,1-5H2,(H,22,24). The molecule has 5 nitrogen and oxygen atoms in total. The molecule has 144 valence electrons. The summed E-state index contributed by atoms with van der Waals surface area (Å²) in [5.41, 5.74) is 0.550. The van der Waals surface area contributed by atoms with E-state index in [1.165, 1.54) is 42.5 Å². The molecule has 2 aromatic carbocycles. The largest absolute Gasteiger partial charge is 0.322 e. The average molecular weight is 411 g/mol. The van der Waals surface area contributed by atoms with Gasteiger partial charge in [-0.25, -0.2) is 17.5 Å². The first kappa shape index (κ1) is 19.8. The van der Waals surface area contributed by atoms with Crippen molar-refractivity contribution in [1.29, 1.82) is 0 Å². The third-order valence-electron chi connectivity index (χ3n) is 4.51. The van der Waals surface area contributed by atoms with Crippen LogP contribution >= 0.6 is 11.6 Å². The van der Waals surface area contributed by atoms with E-state index in [4.69, 9.17) is 11.6 Å². The van der Waals surface area contributed by atoms with Gasteiger partial charge in [0.15, 0.2) is 0 Å². The van der Waals surface area contributed by atoms with Crippen molar-refractivity contribution < 1.29 is 17.6 Å². The molecule has 1 aliphatic rings. The maximum Gasteiger partial charge on any atom is 0.255 e. The third kappa shape index (κ3) is 5.06. The van der Waals surface area contributed by atoms with Crippen molar-refractivity contribution in [2.24, 2.45) is 0 Å². The maximum atomic E-state index is 13.0. The highest BCUT2D eigenvalue weighted by Gasteiger charge is 2.25. The Balaban J connectivity index is 1.80. The summed E-state index contributed by atoms with van der Waals surface area (Å²) >= 11 is 6.09. The molecule has 8 heteroatoms. The Hall–Kier alpha value is -1.96. The Morgan fingerprint density at radius 1 is 1.04 bits per heavy atom. The number of hydrogen-bond acceptors (Lipinski definition) is 3. The SMILES string of the molecule is O=C(Nc1ccc(F)cc1)c1ccc(Cl)c(S(=O)(=O)NC2CCCCC2)c1. The summed E-state index contributed by atoms with van der Waals surface area (Å²) < 4.78 is 41.1. The molecule has 0 aliphatic heterocycles. The van der Waals surface area contributed by atoms with Crippen molar-refractivity contribution >= 4 is 33.2 Å². The van der Waals surface area contributed by atoms with Gasteiger partial charge in [0.1, 0.15) is 10.7 Å². The molecule has 2 aromatic rings. The van der Waals surface area contributed by atoms with E-state index < -0.39 is 21.7 Å². The van der Waals surface area contributed by atoms with Crippen LogP contribution < -0.4 is 10.0 Å². The molecule has 0 aromatic heterocycles. The van der Waals surface area contributed by atoms with Gasteiger partial charge >= 0.3 is 0 Å². The molecule has 0 atom stereocenters. The van der Waals surface area contributed by atoms with E-state index in [0.29, 0.717) is 5.69 Å². The highest BCUT2D eigenvalue weighted by Crippen LogP contribution is 2.25. The van der Waals surface area contributed by atoms with Crippen LogP contribution in [0.4, 0.5) is 10.1 Å². The summed E-state index contributed by atoms with van der Waals surface area (Å²) in [4.78, 5) is 12.3. The van der Waals surface area contributed by atoms with Gasteiger partial charge in [-0.05, 0) is 55.3 Å². The fourth-order valence-electron chi connectivity index (χ4n) is 3.09. The van der Waals surface area contributed by atoms with E-state index in [1.807, 2.05) is 0 Å². The summed E-state index contributed by atoms with van der Waals surface area (Å²) in [6.45, 7) is 0. The number of hydrogen-bond donors (Lipinski definition) is 2. The molecule has 0 radical (unpaired) electrons. The van der Waals surface area contributed by atoms with Crippen molar-refractivity contribution in [1.82, 2.24) is 4.72 Å². The number of amides is 1. The number of halogens is 2. The van der Waals surface area contributed by atoms with Crippen molar-refractivity contribution in [2.45, 2.75) is 43.0 Å². The Morgan fingerprint density at radius 2 is 1.70 bits per heavy atom. The maximum absolute atomic E-state index is 13.0. The third-order valence-corrected chi connectivity index (χ3v) is 6.51. The topological polar surface area (TPSA) is 75.3 Å². The highest BCUT2D eigenvalue weighted by atomic mass is 35.5. The first-order valence-corrected chi connectivity index (χ1v) is 10.6. The average Bonchev–Trinajstić information content (AvgIpc) is 2.64. The minimum absolute atomic E-state index is 0.0524. The van der Waals surface area contributed by atoms with Gasteiger partial charge < -0.3 is 5.32 Å². The van der Waals surface area contributed by atoms with Gasteiger partial charge in [-0.3, -0.25) is 4.79 Å². The Kier molecular flexibility index (Phi) is 6.14. The molecule has 0 unspecified atom stereocenters. The molecule has 0 bridgehead atoms. The molecule has 1 fully saturated rings. The second-order valence-corrected chi connectivity index (χ2v) is 8.65. The summed E-state index contributed by atoms with van der Waals surface area (Å²) in [5, 5.41) is 2.65. The zero-order chi connectivity index (χ0) is 19.4. The number of carbonyl (C=O) groups is 1. The quantitative estimate of drug-likeness (QED) is 0.769. The summed E-state index contributed by atoms with van der Waals surface area (Å²) in [6.07, 6.45) is 4.67. The molecule has 2 N–H and O–H groups in total. The van der Waals surface area contributed by atoms with Crippen LogP contribution in [0.15, 0.2) is 47.4 Å². The Labute approximate surface area is 163 Å². The van der Waals surface area contributed by atoms with Crippen LogP contribution in [0, 0.1) is 5.82 Å². The smallest absolute Gasteiger partial charge is 0.255 e. The molecular formula is C19H20ClFN2O3S. The van der Waals surface area contributed by atoms with Crippen LogP contribution in [0.3, 0.4) is 0 Å². The minimum Gasteiger partial charge on any atom is -0.322 e. The predicted molar refractivity (Wildman–Crippen MR) is 103 cm³/mol. The molecule has 0 saturated heterocycles. The van der Waals surface area contributed by atoms with Gasteiger partial charge in [0.25, 0.3) is 5.91 Å². The van der Waals surface area contributed by atoms with E-state index in [9.17, 15) is 17.6 Å². The fraction of sp³-hybridized carbons (Fsp3) is 0.316. The molecular weight excluding hydrogens is 391 g/mol. The number of nitrogens with one attached hydrogen (secondary N) is 2. The molecule has 1 saturated carbocycles. The second-order valence-electron chi connectivity index (χ2n) is 6.56. The molecule has 1 amide bonds. The number of sulfonamides is 1. The normalized spacial score (nSPS) is 15.5. The van der Waals surface area contributed by atoms with Gasteiger partial charge in [-0.2, -0.15) is 0 Å². The minimum atomic E-state index is -3.84. The molecule has 0 heterocycles. The zero-order valence-corrected chi connectivity index (χ0v) is 16.1. The lowest BCUT2D eigenvalue weighted by Gasteiger charge is -2.23. The van der Waals surface area contributed by atoms with Crippen molar-refractivity contribution in [3.63, 3.8) is 0 Å². The summed E-state index contributed by atoms with van der Waals surface area (Å²) in [7, 11) is -3.84. The number of benzene rings is 2. The van der Waals surface area contributed by atoms with Gasteiger partial charge in [0, 0.05) is 17.3 Å². The Bertz CT molecular complexity index is 926. The lowest BCUT2D eigenvalue weighted by Crippen LogP contribution is -2.36. The van der Waals surface area contributed by atoms with Crippen LogP contribution in [-0.2, 0) is 10.0 Å². The van der Waals surface area contributed by atoms with E-state index in [-0.39, 0.29) is 21.5 Å². The van der Waals surface area contributed by atoms with Crippen LogP contribution in [0.2, 0.25) is 5.02 Å². The van der Waals surface area contributed by atoms with Crippen LogP contribution in [0.5, 0.6) is 0 Å². The van der Waals surface area contributed by atoms with Crippen molar-refractivity contribution in [3.8, 4) is 0 Å². The van der Waals surface area contributed by atoms with Crippen molar-refractivity contribution in [3.05, 3.63) is 58.9 Å². The fourth-order valence-corrected chi connectivity index (χ4v) is 4.92. The molecule has 0 spiro atoms. The second kappa shape index (κ2) is 8.37. The lowest BCUT2D eigenvalue weighted by molar-refractivity contribution is 0.102. The zero-order valence-electron chi connectivity index (χ0n) is 14.5. The number of carbonyl (C=O) groups excluding carboxylic acids is 1. The van der Waals surface area contributed by atoms with Gasteiger partial charge in [-0.1, -0.05) is 30.9 Å². The van der Waals surface area contributed by atoms with E-state index >= 15 is 0 Å². The Morgan fingerprint density at radius 3 is 2.37 bits per heavy atom. The lowest BCUT2D eigenvalue weighted by atomic mass is 9.96. The van der Waals surface area contributed by atoms with Crippen LogP contribution in [0.25, 0.3) is 0 Å². The summed E-state index contributed by atoms with van der Waals surface area (Å²) in [5.74, 6) is -0.922. The van der Waals surface area contributed by atoms with Crippen LogP contribution in [-0.4, -0.2) is 20.4 Å². The monoisotopic (exact) mass is 410 g/mol. The molecule has 3 rings (SSSR count). The van der Waals surface area contributed by atoms with Crippen molar-refractivity contribution in [2.75, 3.05) is 5.32 Å². The van der Waals surface area contributed by atoms with Crippen LogP contribution in [0.1, 0.15) is 42.5 Å². The first-order chi connectivity index (χ1) is 12.8. The number of rotatable bonds is 5. The first-order valence-electron chi connectivity index (χ1n) is 8.74. The van der Waals surface area contributed by atoms with E-state index in [2.05, 4.69) is 10.0 Å². The highest BCUT2D eigenvalue weighted by molar-refractivity contribution is 7.89. The number of anilines is 1. The van der Waals surface area contributed by atoms with E-state index in [1.54, 1.807) is 0 Å². The van der Waals surface area contributed by atoms with Gasteiger partial charge in [0.05, 0.1) is 5.02 Å². The van der Waals surface area contributed by atoms with Gasteiger partial charge in [0.2, 0.25) is 10.0 Å².